The molecule has 0 radical (unpaired) electrons. The second-order valence-electron chi connectivity index (χ2n) is 5.25. The number of ether oxygens (including phenoxy) is 1. The van der Waals surface area contributed by atoms with E-state index in [2.05, 4.69) is 29.5 Å². The fourth-order valence-electron chi connectivity index (χ4n) is 2.57. The average molecular weight is 429 g/mol. The minimum absolute atomic E-state index is 0.0903. The smallest absolute Gasteiger partial charge is 0.199 e. The SMILES string of the molecule is CCOC[C@@H](CO)n1cc(C=O)c(=O)c2cc(I)c(CC)cc21. The van der Waals surface area contributed by atoms with Gasteiger partial charge in [-0.15, -0.1) is 0 Å². The average Bonchev–Trinajstić information content (AvgIpc) is 2.57. The van der Waals surface area contributed by atoms with Gasteiger partial charge in [-0.3, -0.25) is 9.59 Å². The Morgan fingerprint density at radius 1 is 1.39 bits per heavy atom. The first-order valence-corrected chi connectivity index (χ1v) is 8.66. The third kappa shape index (κ3) is 3.64. The number of benzene rings is 1. The molecule has 5 nitrogen and oxygen atoms in total. The van der Waals surface area contributed by atoms with Gasteiger partial charge in [0.15, 0.2) is 11.7 Å². The van der Waals surface area contributed by atoms with E-state index in [9.17, 15) is 14.7 Å². The van der Waals surface area contributed by atoms with E-state index in [1.807, 2.05) is 19.1 Å². The molecular formula is C17H20INO4. The van der Waals surface area contributed by atoms with Gasteiger partial charge < -0.3 is 14.4 Å². The topological polar surface area (TPSA) is 68.5 Å². The Balaban J connectivity index is 2.77. The van der Waals surface area contributed by atoms with E-state index >= 15 is 0 Å². The number of halogens is 1. The van der Waals surface area contributed by atoms with Crippen molar-refractivity contribution < 1.29 is 14.6 Å². The highest BCUT2D eigenvalue weighted by molar-refractivity contribution is 14.1. The number of carbonyl (C=O) groups excluding carboxylic acids is 1. The fourth-order valence-corrected chi connectivity index (χ4v) is 3.41. The first-order chi connectivity index (χ1) is 11.1. The lowest BCUT2D eigenvalue weighted by molar-refractivity contribution is 0.0864. The van der Waals surface area contributed by atoms with Gasteiger partial charge in [0.1, 0.15) is 0 Å². The molecule has 0 aliphatic carbocycles. The summed E-state index contributed by atoms with van der Waals surface area (Å²) in [5, 5.41) is 10.2. The number of pyridine rings is 1. The number of aromatic nitrogens is 1. The summed E-state index contributed by atoms with van der Waals surface area (Å²) in [6.07, 6.45) is 2.92. The van der Waals surface area contributed by atoms with Crippen molar-refractivity contribution in [2.45, 2.75) is 26.3 Å². The number of aliphatic hydroxyl groups excluding tert-OH is 1. The number of hydrogen-bond donors (Lipinski definition) is 1. The molecule has 1 heterocycles. The van der Waals surface area contributed by atoms with E-state index in [-0.39, 0.29) is 23.6 Å². The number of rotatable bonds is 7. The Kier molecular flexibility index (Phi) is 6.32. The summed E-state index contributed by atoms with van der Waals surface area (Å²) in [5.74, 6) is 0. The van der Waals surface area contributed by atoms with Gasteiger partial charge in [-0.05, 0) is 53.6 Å². The molecule has 0 unspecified atom stereocenters. The number of aldehydes is 1. The maximum absolute atomic E-state index is 12.4. The molecule has 0 aliphatic heterocycles. The second-order valence-corrected chi connectivity index (χ2v) is 6.41. The third-order valence-electron chi connectivity index (χ3n) is 3.85. The fraction of sp³-hybridized carbons (Fsp3) is 0.412. The van der Waals surface area contributed by atoms with Crippen LogP contribution in [0.3, 0.4) is 0 Å². The van der Waals surface area contributed by atoms with Crippen LogP contribution in [-0.2, 0) is 11.2 Å². The van der Waals surface area contributed by atoms with Gasteiger partial charge in [-0.25, -0.2) is 0 Å². The van der Waals surface area contributed by atoms with Crippen molar-refractivity contribution in [2.75, 3.05) is 19.8 Å². The van der Waals surface area contributed by atoms with Crippen molar-refractivity contribution in [1.82, 2.24) is 4.57 Å². The number of hydrogen-bond acceptors (Lipinski definition) is 4. The molecular weight excluding hydrogens is 409 g/mol. The second kappa shape index (κ2) is 8.03. The van der Waals surface area contributed by atoms with Crippen LogP contribution in [-0.4, -0.2) is 35.8 Å². The number of carbonyl (C=O) groups is 1. The molecule has 0 aliphatic rings. The molecule has 1 aromatic carbocycles. The molecule has 0 fully saturated rings. The number of fused-ring (bicyclic) bond motifs is 1. The van der Waals surface area contributed by atoms with E-state index in [4.69, 9.17) is 4.74 Å². The molecule has 0 saturated carbocycles. The number of aliphatic hydroxyl groups is 1. The quantitative estimate of drug-likeness (QED) is 0.543. The van der Waals surface area contributed by atoms with Crippen molar-refractivity contribution in [2.24, 2.45) is 0 Å². The van der Waals surface area contributed by atoms with E-state index in [1.165, 1.54) is 6.20 Å². The normalized spacial score (nSPS) is 12.5. The number of aryl methyl sites for hydroxylation is 1. The van der Waals surface area contributed by atoms with Crippen LogP contribution >= 0.6 is 22.6 Å². The first kappa shape index (κ1) is 18.1. The zero-order chi connectivity index (χ0) is 17.0. The van der Waals surface area contributed by atoms with Gasteiger partial charge in [0, 0.05) is 21.8 Å². The molecule has 23 heavy (non-hydrogen) atoms. The summed E-state index contributed by atoms with van der Waals surface area (Å²) in [6.45, 7) is 4.65. The molecule has 6 heteroatoms. The highest BCUT2D eigenvalue weighted by Gasteiger charge is 2.17. The largest absolute Gasteiger partial charge is 0.394 e. The van der Waals surface area contributed by atoms with Gasteiger partial charge in [0.05, 0.1) is 30.3 Å². The molecule has 0 saturated heterocycles. The highest BCUT2D eigenvalue weighted by Crippen LogP contribution is 2.23. The molecule has 1 atom stereocenters. The Morgan fingerprint density at radius 2 is 2.13 bits per heavy atom. The van der Waals surface area contributed by atoms with Crippen LogP contribution in [0.1, 0.15) is 35.8 Å². The van der Waals surface area contributed by atoms with Crippen molar-refractivity contribution in [3.05, 3.63) is 43.2 Å². The summed E-state index contributed by atoms with van der Waals surface area (Å²) in [6, 6.07) is 3.43. The van der Waals surface area contributed by atoms with Gasteiger partial charge >= 0.3 is 0 Å². The van der Waals surface area contributed by atoms with Gasteiger partial charge in [0.25, 0.3) is 0 Å². The summed E-state index contributed by atoms with van der Waals surface area (Å²) < 4.78 is 8.20. The Morgan fingerprint density at radius 3 is 2.70 bits per heavy atom. The van der Waals surface area contributed by atoms with Gasteiger partial charge in [0.2, 0.25) is 0 Å². The Hall–Kier alpha value is -1.25. The van der Waals surface area contributed by atoms with E-state index in [1.54, 1.807) is 4.57 Å². The first-order valence-electron chi connectivity index (χ1n) is 7.58. The lowest BCUT2D eigenvalue weighted by atomic mass is 10.1. The maximum Gasteiger partial charge on any atom is 0.199 e. The molecule has 1 aromatic heterocycles. The summed E-state index contributed by atoms with van der Waals surface area (Å²) in [4.78, 5) is 23.7. The van der Waals surface area contributed by atoms with Crippen LogP contribution in [0.4, 0.5) is 0 Å². The molecule has 1 N–H and O–H groups in total. The monoisotopic (exact) mass is 429 g/mol. The van der Waals surface area contributed by atoms with E-state index in [0.717, 1.165) is 21.1 Å². The van der Waals surface area contributed by atoms with E-state index < -0.39 is 0 Å². The number of nitrogens with zero attached hydrogens (tertiary/aromatic N) is 1. The third-order valence-corrected chi connectivity index (χ3v) is 4.86. The Bertz CT molecular complexity index is 769. The zero-order valence-corrected chi connectivity index (χ0v) is 15.4. The van der Waals surface area contributed by atoms with Gasteiger partial charge in [-0.1, -0.05) is 6.92 Å². The molecule has 0 bridgehead atoms. The van der Waals surface area contributed by atoms with Crippen LogP contribution in [0.25, 0.3) is 10.9 Å². The standard InChI is InChI=1S/C17H20INO4/c1-3-11-5-16-14(6-15(11)18)17(22)12(8-20)7-19(16)13(9-21)10-23-4-2/h5-8,13,21H,3-4,9-10H2,1-2H3/t13-/m1/s1. The molecule has 124 valence electrons. The van der Waals surface area contributed by atoms with Crippen LogP contribution in [0, 0.1) is 3.57 Å². The molecule has 2 rings (SSSR count). The Labute approximate surface area is 148 Å². The summed E-state index contributed by atoms with van der Waals surface area (Å²) >= 11 is 2.20. The highest BCUT2D eigenvalue weighted by atomic mass is 127. The minimum atomic E-state index is -0.346. The van der Waals surface area contributed by atoms with Crippen LogP contribution in [0.5, 0.6) is 0 Å². The van der Waals surface area contributed by atoms with Gasteiger partial charge in [-0.2, -0.15) is 0 Å². The summed E-state index contributed by atoms with van der Waals surface area (Å²) in [7, 11) is 0. The minimum Gasteiger partial charge on any atom is -0.394 e. The predicted octanol–water partition coefficient (Wildman–Crippen LogP) is 2.55. The van der Waals surface area contributed by atoms with Crippen molar-refractivity contribution in [1.29, 1.82) is 0 Å². The van der Waals surface area contributed by atoms with Crippen LogP contribution in [0.15, 0.2) is 23.1 Å². The lowest BCUT2D eigenvalue weighted by Gasteiger charge is -2.22. The van der Waals surface area contributed by atoms with Crippen molar-refractivity contribution >= 4 is 39.8 Å². The summed E-state index contributed by atoms with van der Waals surface area (Å²) in [5.41, 5.74) is 1.65. The van der Waals surface area contributed by atoms with Crippen molar-refractivity contribution in [3.8, 4) is 0 Å². The van der Waals surface area contributed by atoms with Crippen molar-refractivity contribution in [3.63, 3.8) is 0 Å². The maximum atomic E-state index is 12.4. The lowest BCUT2D eigenvalue weighted by Crippen LogP contribution is -2.24. The predicted molar refractivity (Wildman–Crippen MR) is 98.3 cm³/mol. The van der Waals surface area contributed by atoms with Crippen LogP contribution in [0.2, 0.25) is 0 Å². The molecule has 0 amide bonds. The molecule has 0 spiro atoms. The molecule has 2 aromatic rings. The zero-order valence-electron chi connectivity index (χ0n) is 13.2. The van der Waals surface area contributed by atoms with E-state index in [0.29, 0.717) is 24.9 Å². The van der Waals surface area contributed by atoms with Crippen LogP contribution < -0.4 is 5.43 Å².